The predicted molar refractivity (Wildman–Crippen MR) is 59.1 cm³/mol. The number of benzene rings is 1. The molecular weight excluding hydrogens is 191 g/mol. The molecule has 0 N–H and O–H groups in total. The van der Waals surface area contributed by atoms with Gasteiger partial charge in [-0.25, -0.2) is 4.39 Å². The Balaban J connectivity index is 2.42. The lowest BCUT2D eigenvalue weighted by Gasteiger charge is -2.17. The Morgan fingerprint density at radius 1 is 1.47 bits per heavy atom. The van der Waals surface area contributed by atoms with Crippen LogP contribution in [0.25, 0.3) is 0 Å². The van der Waals surface area contributed by atoms with Crippen LogP contribution in [0.2, 0.25) is 0 Å². The van der Waals surface area contributed by atoms with Gasteiger partial charge in [-0.05, 0) is 32.4 Å². The molecule has 0 bridgehead atoms. The Kier molecular flexibility index (Phi) is 3.74. The van der Waals surface area contributed by atoms with Crippen molar-refractivity contribution in [2.45, 2.75) is 20.3 Å². The fourth-order valence-electron chi connectivity index (χ4n) is 1.05. The number of ether oxygens (including phenoxy) is 1. The smallest absolute Gasteiger partial charge is 0.126 e. The molecule has 0 heterocycles. The standard InChI is InChI=1S/C13H15FO/c1-4-13(2,3)8-9-15-12-7-5-6-11(14)10-12/h1,5-7,10H,8-9H2,2-3H3. The third kappa shape index (κ3) is 4.03. The van der Waals surface area contributed by atoms with Gasteiger partial charge in [0.2, 0.25) is 0 Å². The normalized spacial score (nSPS) is 10.8. The molecule has 80 valence electrons. The summed E-state index contributed by atoms with van der Waals surface area (Å²) in [4.78, 5) is 0. The number of halogens is 1. The van der Waals surface area contributed by atoms with Crippen LogP contribution in [0.5, 0.6) is 5.75 Å². The van der Waals surface area contributed by atoms with Gasteiger partial charge in [-0.15, -0.1) is 12.3 Å². The summed E-state index contributed by atoms with van der Waals surface area (Å²) >= 11 is 0. The lowest BCUT2D eigenvalue weighted by molar-refractivity contribution is 0.265. The van der Waals surface area contributed by atoms with Crippen LogP contribution in [0.4, 0.5) is 4.39 Å². The molecule has 0 radical (unpaired) electrons. The van der Waals surface area contributed by atoms with Gasteiger partial charge in [0.15, 0.2) is 0 Å². The van der Waals surface area contributed by atoms with E-state index in [4.69, 9.17) is 11.2 Å². The van der Waals surface area contributed by atoms with Gasteiger partial charge in [0.25, 0.3) is 0 Å². The Morgan fingerprint density at radius 3 is 2.80 bits per heavy atom. The van der Waals surface area contributed by atoms with Crippen molar-refractivity contribution in [3.63, 3.8) is 0 Å². The zero-order valence-corrected chi connectivity index (χ0v) is 9.09. The van der Waals surface area contributed by atoms with E-state index in [9.17, 15) is 4.39 Å². The van der Waals surface area contributed by atoms with Crippen molar-refractivity contribution >= 4 is 0 Å². The Hall–Kier alpha value is -1.49. The van der Waals surface area contributed by atoms with Crippen LogP contribution in [-0.4, -0.2) is 6.61 Å². The molecule has 0 aromatic heterocycles. The highest BCUT2D eigenvalue weighted by Crippen LogP contribution is 2.19. The second kappa shape index (κ2) is 4.84. The average Bonchev–Trinajstić information content (AvgIpc) is 2.18. The van der Waals surface area contributed by atoms with E-state index in [0.29, 0.717) is 12.4 Å². The van der Waals surface area contributed by atoms with Gasteiger partial charge in [0, 0.05) is 11.5 Å². The lowest BCUT2D eigenvalue weighted by atomic mass is 9.91. The second-order valence-corrected chi connectivity index (χ2v) is 4.08. The number of hydrogen-bond acceptors (Lipinski definition) is 1. The summed E-state index contributed by atoms with van der Waals surface area (Å²) in [5.41, 5.74) is -0.173. The van der Waals surface area contributed by atoms with Gasteiger partial charge in [0.05, 0.1) is 6.61 Å². The van der Waals surface area contributed by atoms with Crippen LogP contribution >= 0.6 is 0 Å². The molecule has 1 nitrogen and oxygen atoms in total. The molecule has 0 unspecified atom stereocenters. The number of hydrogen-bond donors (Lipinski definition) is 0. The zero-order valence-electron chi connectivity index (χ0n) is 9.09. The summed E-state index contributed by atoms with van der Waals surface area (Å²) in [6.45, 7) is 4.45. The molecule has 1 rings (SSSR count). The molecule has 1 aromatic carbocycles. The highest BCUT2D eigenvalue weighted by Gasteiger charge is 2.13. The van der Waals surface area contributed by atoms with Crippen LogP contribution in [0.15, 0.2) is 24.3 Å². The third-order valence-corrected chi connectivity index (χ3v) is 2.18. The summed E-state index contributed by atoms with van der Waals surface area (Å²) in [5.74, 6) is 2.94. The molecule has 2 heteroatoms. The lowest BCUT2D eigenvalue weighted by Crippen LogP contribution is -2.13. The SMILES string of the molecule is C#CC(C)(C)CCOc1cccc(F)c1. The third-order valence-electron chi connectivity index (χ3n) is 2.18. The molecular formula is C13H15FO. The van der Waals surface area contributed by atoms with Gasteiger partial charge < -0.3 is 4.74 Å². The average molecular weight is 206 g/mol. The predicted octanol–water partition coefficient (Wildman–Crippen LogP) is 3.25. The van der Waals surface area contributed by atoms with E-state index in [2.05, 4.69) is 5.92 Å². The molecule has 0 saturated heterocycles. The molecule has 15 heavy (non-hydrogen) atoms. The minimum atomic E-state index is -0.288. The van der Waals surface area contributed by atoms with Gasteiger partial charge in [-0.3, -0.25) is 0 Å². The monoisotopic (exact) mass is 206 g/mol. The Labute approximate surface area is 90.3 Å². The molecule has 0 aliphatic carbocycles. The van der Waals surface area contributed by atoms with E-state index in [1.807, 2.05) is 13.8 Å². The second-order valence-electron chi connectivity index (χ2n) is 4.08. The molecule has 0 aliphatic heterocycles. The van der Waals surface area contributed by atoms with Crippen molar-refractivity contribution in [3.8, 4) is 18.1 Å². The van der Waals surface area contributed by atoms with Crippen molar-refractivity contribution in [2.24, 2.45) is 5.41 Å². The van der Waals surface area contributed by atoms with Crippen LogP contribution in [0, 0.1) is 23.6 Å². The van der Waals surface area contributed by atoms with Crippen LogP contribution < -0.4 is 4.74 Å². The molecule has 0 fully saturated rings. The van der Waals surface area contributed by atoms with E-state index in [0.717, 1.165) is 6.42 Å². The number of rotatable bonds is 4. The first-order chi connectivity index (χ1) is 7.03. The Morgan fingerprint density at radius 2 is 2.20 bits per heavy atom. The maximum absolute atomic E-state index is 12.8. The van der Waals surface area contributed by atoms with E-state index >= 15 is 0 Å². The van der Waals surface area contributed by atoms with Crippen LogP contribution in [-0.2, 0) is 0 Å². The fraction of sp³-hybridized carbons (Fsp3) is 0.385. The van der Waals surface area contributed by atoms with Crippen molar-refractivity contribution in [2.75, 3.05) is 6.61 Å². The van der Waals surface area contributed by atoms with Gasteiger partial charge in [-0.1, -0.05) is 6.07 Å². The molecule has 0 amide bonds. The van der Waals surface area contributed by atoms with Crippen molar-refractivity contribution in [1.29, 1.82) is 0 Å². The van der Waals surface area contributed by atoms with Gasteiger partial charge >= 0.3 is 0 Å². The van der Waals surface area contributed by atoms with Gasteiger partial charge in [0.1, 0.15) is 11.6 Å². The number of terminal acetylenes is 1. The highest BCUT2D eigenvalue weighted by molar-refractivity contribution is 5.22. The maximum Gasteiger partial charge on any atom is 0.126 e. The van der Waals surface area contributed by atoms with E-state index in [-0.39, 0.29) is 11.2 Å². The summed E-state index contributed by atoms with van der Waals surface area (Å²) in [7, 11) is 0. The minimum Gasteiger partial charge on any atom is -0.493 e. The molecule has 0 aliphatic rings. The van der Waals surface area contributed by atoms with Gasteiger partial charge in [-0.2, -0.15) is 0 Å². The van der Waals surface area contributed by atoms with Crippen LogP contribution in [0.1, 0.15) is 20.3 Å². The summed E-state index contributed by atoms with van der Waals surface area (Å²) < 4.78 is 18.2. The maximum atomic E-state index is 12.8. The summed E-state index contributed by atoms with van der Waals surface area (Å²) in [5, 5.41) is 0. The summed E-state index contributed by atoms with van der Waals surface area (Å²) in [6.07, 6.45) is 6.09. The molecule has 1 aromatic rings. The molecule has 0 saturated carbocycles. The van der Waals surface area contributed by atoms with E-state index in [1.165, 1.54) is 12.1 Å². The van der Waals surface area contributed by atoms with Crippen LogP contribution in [0.3, 0.4) is 0 Å². The van der Waals surface area contributed by atoms with Crippen molar-refractivity contribution in [3.05, 3.63) is 30.1 Å². The largest absolute Gasteiger partial charge is 0.493 e. The minimum absolute atomic E-state index is 0.173. The Bertz CT molecular complexity index is 363. The van der Waals surface area contributed by atoms with Crippen molar-refractivity contribution in [1.82, 2.24) is 0 Å². The van der Waals surface area contributed by atoms with E-state index < -0.39 is 0 Å². The molecule has 0 atom stereocenters. The fourth-order valence-corrected chi connectivity index (χ4v) is 1.05. The first-order valence-electron chi connectivity index (χ1n) is 4.90. The quantitative estimate of drug-likeness (QED) is 0.687. The van der Waals surface area contributed by atoms with Crippen molar-refractivity contribution < 1.29 is 9.13 Å². The first kappa shape index (κ1) is 11.6. The molecule has 0 spiro atoms. The topological polar surface area (TPSA) is 9.23 Å². The highest BCUT2D eigenvalue weighted by atomic mass is 19.1. The summed E-state index contributed by atoms with van der Waals surface area (Å²) in [6, 6.07) is 6.10. The zero-order chi connectivity index (χ0) is 11.3. The van der Waals surface area contributed by atoms with E-state index in [1.54, 1.807) is 12.1 Å². The first-order valence-corrected chi connectivity index (χ1v) is 4.90.